The van der Waals surface area contributed by atoms with Crippen LogP contribution in [0, 0.1) is 6.92 Å². The minimum atomic E-state index is -0.113. The molecule has 7 nitrogen and oxygen atoms in total. The number of carbonyl (C=O) groups excluding carboxylic acids is 1. The highest BCUT2D eigenvalue weighted by molar-refractivity contribution is 6.31. The lowest BCUT2D eigenvalue weighted by molar-refractivity contribution is 0.208. The van der Waals surface area contributed by atoms with Gasteiger partial charge in [0.2, 0.25) is 0 Å². The summed E-state index contributed by atoms with van der Waals surface area (Å²) in [5.41, 5.74) is 1.69. The van der Waals surface area contributed by atoms with E-state index in [1.54, 1.807) is 11.0 Å². The lowest BCUT2D eigenvalue weighted by Crippen LogP contribution is -2.50. The Kier molecular flexibility index (Phi) is 5.78. The summed E-state index contributed by atoms with van der Waals surface area (Å²) in [6.45, 7) is 7.46. The molecule has 26 heavy (non-hydrogen) atoms. The molecule has 3 rings (SSSR count). The van der Waals surface area contributed by atoms with Gasteiger partial charge in [0.1, 0.15) is 5.82 Å². The van der Waals surface area contributed by atoms with Crippen LogP contribution in [0.2, 0.25) is 5.02 Å². The first-order valence-corrected chi connectivity index (χ1v) is 9.09. The molecule has 0 aliphatic carbocycles. The Balaban J connectivity index is 1.54. The van der Waals surface area contributed by atoms with Gasteiger partial charge in [-0.05, 0) is 43.7 Å². The van der Waals surface area contributed by atoms with E-state index in [2.05, 4.69) is 25.7 Å². The summed E-state index contributed by atoms with van der Waals surface area (Å²) in [7, 11) is 0. The van der Waals surface area contributed by atoms with Gasteiger partial charge in [0.05, 0.1) is 0 Å². The molecule has 2 N–H and O–H groups in total. The van der Waals surface area contributed by atoms with Gasteiger partial charge in [-0.3, -0.25) is 0 Å². The number of carbonyl (C=O) groups is 1. The van der Waals surface area contributed by atoms with E-state index in [1.807, 2.05) is 38.1 Å². The van der Waals surface area contributed by atoms with Crippen LogP contribution in [-0.4, -0.2) is 53.9 Å². The van der Waals surface area contributed by atoms with Gasteiger partial charge in [-0.25, -0.2) is 4.79 Å². The third kappa shape index (κ3) is 4.35. The zero-order valence-electron chi connectivity index (χ0n) is 15.0. The highest BCUT2D eigenvalue weighted by Gasteiger charge is 2.22. The number of nitrogens with zero attached hydrogens (tertiary/aromatic N) is 4. The molecule has 0 saturated carbocycles. The van der Waals surface area contributed by atoms with Crippen molar-refractivity contribution in [3.8, 4) is 0 Å². The monoisotopic (exact) mass is 374 g/mol. The molecule has 2 amide bonds. The highest BCUT2D eigenvalue weighted by Crippen LogP contribution is 2.21. The molecular weight excluding hydrogens is 352 g/mol. The Morgan fingerprint density at radius 2 is 1.92 bits per heavy atom. The van der Waals surface area contributed by atoms with Crippen LogP contribution in [0.4, 0.5) is 22.1 Å². The molecule has 2 heterocycles. The van der Waals surface area contributed by atoms with Crippen LogP contribution in [0.5, 0.6) is 0 Å². The predicted molar refractivity (Wildman–Crippen MR) is 105 cm³/mol. The van der Waals surface area contributed by atoms with Crippen LogP contribution >= 0.6 is 11.6 Å². The first kappa shape index (κ1) is 18.3. The fourth-order valence-corrected chi connectivity index (χ4v) is 2.96. The van der Waals surface area contributed by atoms with Gasteiger partial charge in [0.25, 0.3) is 0 Å². The molecular formula is C18H23ClN6O. The van der Waals surface area contributed by atoms with Crippen LogP contribution in [0.25, 0.3) is 0 Å². The van der Waals surface area contributed by atoms with Crippen molar-refractivity contribution >= 4 is 35.0 Å². The number of urea groups is 1. The fraction of sp³-hybridized carbons (Fsp3) is 0.389. The van der Waals surface area contributed by atoms with Crippen molar-refractivity contribution in [3.63, 3.8) is 0 Å². The second kappa shape index (κ2) is 8.23. The van der Waals surface area contributed by atoms with Crippen molar-refractivity contribution in [1.29, 1.82) is 0 Å². The summed E-state index contributed by atoms with van der Waals surface area (Å²) >= 11 is 6.11. The Hall–Kier alpha value is -2.54. The van der Waals surface area contributed by atoms with Crippen molar-refractivity contribution in [1.82, 2.24) is 15.1 Å². The highest BCUT2D eigenvalue weighted by atomic mass is 35.5. The molecule has 0 bridgehead atoms. The van der Waals surface area contributed by atoms with Crippen LogP contribution in [0.15, 0.2) is 30.3 Å². The second-order valence-electron chi connectivity index (χ2n) is 6.18. The summed E-state index contributed by atoms with van der Waals surface area (Å²) in [4.78, 5) is 16.4. The van der Waals surface area contributed by atoms with Gasteiger partial charge in [-0.2, -0.15) is 0 Å². The quantitative estimate of drug-likeness (QED) is 0.859. The molecule has 0 unspecified atom stereocenters. The van der Waals surface area contributed by atoms with Gasteiger partial charge >= 0.3 is 6.03 Å². The van der Waals surface area contributed by atoms with Gasteiger partial charge in [0.15, 0.2) is 5.82 Å². The number of halogens is 1. The van der Waals surface area contributed by atoms with Crippen molar-refractivity contribution in [2.75, 3.05) is 48.3 Å². The molecule has 1 aromatic heterocycles. The molecule has 2 aromatic rings. The number of hydrogen-bond acceptors (Lipinski definition) is 5. The summed E-state index contributed by atoms with van der Waals surface area (Å²) in [5, 5.41) is 15.1. The van der Waals surface area contributed by atoms with Crippen LogP contribution in [-0.2, 0) is 0 Å². The lowest BCUT2D eigenvalue weighted by Gasteiger charge is -2.35. The Morgan fingerprint density at radius 3 is 2.54 bits per heavy atom. The molecule has 138 valence electrons. The Bertz CT molecular complexity index is 759. The first-order valence-electron chi connectivity index (χ1n) is 8.71. The molecule has 0 atom stereocenters. The Morgan fingerprint density at radius 1 is 1.15 bits per heavy atom. The number of anilines is 3. The minimum absolute atomic E-state index is 0.113. The maximum absolute atomic E-state index is 12.4. The van der Waals surface area contributed by atoms with E-state index < -0.39 is 0 Å². The SMILES string of the molecule is CCNc1ccc(N2CCN(C(=O)Nc3ccc(C)c(Cl)c3)CC2)nn1. The zero-order valence-corrected chi connectivity index (χ0v) is 15.8. The zero-order chi connectivity index (χ0) is 18.5. The molecule has 1 aliphatic rings. The number of rotatable bonds is 4. The van der Waals surface area contributed by atoms with Crippen molar-refractivity contribution in [2.24, 2.45) is 0 Å². The van der Waals surface area contributed by atoms with Gasteiger partial charge < -0.3 is 20.4 Å². The third-order valence-corrected chi connectivity index (χ3v) is 4.73. The van der Waals surface area contributed by atoms with E-state index in [0.717, 1.165) is 36.8 Å². The summed E-state index contributed by atoms with van der Waals surface area (Å²) < 4.78 is 0. The van der Waals surface area contributed by atoms with Gasteiger partial charge in [0, 0.05) is 43.4 Å². The minimum Gasteiger partial charge on any atom is -0.369 e. The molecule has 0 radical (unpaired) electrons. The number of aryl methyl sites for hydroxylation is 1. The summed E-state index contributed by atoms with van der Waals surface area (Å²) in [6.07, 6.45) is 0. The smallest absolute Gasteiger partial charge is 0.321 e. The number of amides is 2. The summed E-state index contributed by atoms with van der Waals surface area (Å²) in [6, 6.07) is 9.29. The normalized spacial score (nSPS) is 14.3. The number of hydrogen-bond donors (Lipinski definition) is 2. The van der Waals surface area contributed by atoms with E-state index in [1.165, 1.54) is 0 Å². The van der Waals surface area contributed by atoms with Gasteiger partial charge in [-0.15, -0.1) is 10.2 Å². The lowest BCUT2D eigenvalue weighted by atomic mass is 10.2. The van der Waals surface area contributed by atoms with E-state index in [9.17, 15) is 4.79 Å². The predicted octanol–water partition coefficient (Wildman–Crippen LogP) is 3.22. The standard InChI is InChI=1S/C18H23ClN6O/c1-3-20-16-6-7-17(23-22-16)24-8-10-25(11-9-24)18(26)21-14-5-4-13(2)15(19)12-14/h4-7,12H,3,8-11H2,1-2H3,(H,20,22)(H,21,26). The number of nitrogens with one attached hydrogen (secondary N) is 2. The molecule has 1 aromatic carbocycles. The van der Waals surface area contributed by atoms with Crippen LogP contribution in [0.1, 0.15) is 12.5 Å². The number of piperazine rings is 1. The average Bonchev–Trinajstić information content (AvgIpc) is 2.66. The molecule has 1 fully saturated rings. The average molecular weight is 375 g/mol. The van der Waals surface area contributed by atoms with Crippen molar-refractivity contribution in [3.05, 3.63) is 40.9 Å². The van der Waals surface area contributed by atoms with E-state index in [4.69, 9.17) is 11.6 Å². The van der Waals surface area contributed by atoms with E-state index in [0.29, 0.717) is 23.8 Å². The number of aromatic nitrogens is 2. The maximum Gasteiger partial charge on any atom is 0.321 e. The second-order valence-corrected chi connectivity index (χ2v) is 6.58. The van der Waals surface area contributed by atoms with Crippen LogP contribution in [0.3, 0.4) is 0 Å². The third-order valence-electron chi connectivity index (χ3n) is 4.32. The molecule has 0 spiro atoms. The van der Waals surface area contributed by atoms with Crippen LogP contribution < -0.4 is 15.5 Å². The van der Waals surface area contributed by atoms with E-state index >= 15 is 0 Å². The maximum atomic E-state index is 12.4. The van der Waals surface area contributed by atoms with Crippen molar-refractivity contribution < 1.29 is 4.79 Å². The topological polar surface area (TPSA) is 73.4 Å². The molecule has 1 aliphatic heterocycles. The van der Waals surface area contributed by atoms with Crippen molar-refractivity contribution in [2.45, 2.75) is 13.8 Å². The van der Waals surface area contributed by atoms with Gasteiger partial charge in [-0.1, -0.05) is 17.7 Å². The largest absolute Gasteiger partial charge is 0.369 e. The Labute approximate surface area is 158 Å². The van der Waals surface area contributed by atoms with E-state index in [-0.39, 0.29) is 6.03 Å². The first-order chi connectivity index (χ1) is 12.6. The number of benzene rings is 1. The fourth-order valence-electron chi connectivity index (χ4n) is 2.78. The molecule has 8 heteroatoms. The summed E-state index contributed by atoms with van der Waals surface area (Å²) in [5.74, 6) is 1.60. The molecule has 1 saturated heterocycles.